The minimum Gasteiger partial charge on any atom is -0.314 e. The van der Waals surface area contributed by atoms with Gasteiger partial charge in [0.1, 0.15) is 9.84 Å². The molecule has 0 aliphatic carbocycles. The van der Waals surface area contributed by atoms with Crippen LogP contribution in [-0.4, -0.2) is 32.5 Å². The molecule has 4 heteroatoms. The highest BCUT2D eigenvalue weighted by Gasteiger charge is 2.16. The molecule has 0 aliphatic heterocycles. The van der Waals surface area contributed by atoms with Crippen LogP contribution in [0.4, 0.5) is 0 Å². The van der Waals surface area contributed by atoms with E-state index in [1.807, 2.05) is 13.8 Å². The molecule has 0 bridgehead atoms. The summed E-state index contributed by atoms with van der Waals surface area (Å²) in [7, 11) is -2.86. The molecule has 1 N–H and O–H groups in total. The van der Waals surface area contributed by atoms with Crippen molar-refractivity contribution in [2.45, 2.75) is 38.5 Å². The van der Waals surface area contributed by atoms with Crippen LogP contribution in [0.5, 0.6) is 0 Å². The topological polar surface area (TPSA) is 46.2 Å². The maximum Gasteiger partial charge on any atom is 0.150 e. The quantitative estimate of drug-likeness (QED) is 0.703. The van der Waals surface area contributed by atoms with Gasteiger partial charge in [0.15, 0.2) is 0 Å². The lowest BCUT2D eigenvalue weighted by molar-refractivity contribution is 0.511. The molecule has 0 radical (unpaired) electrons. The van der Waals surface area contributed by atoms with E-state index in [2.05, 4.69) is 5.32 Å². The van der Waals surface area contributed by atoms with Gasteiger partial charge >= 0.3 is 0 Å². The van der Waals surface area contributed by atoms with Gasteiger partial charge in [-0.15, -0.1) is 0 Å². The van der Waals surface area contributed by atoms with Crippen molar-refractivity contribution in [3.63, 3.8) is 0 Å². The number of sulfone groups is 1. The zero-order valence-electron chi connectivity index (χ0n) is 8.29. The zero-order valence-corrected chi connectivity index (χ0v) is 9.11. The summed E-state index contributed by atoms with van der Waals surface area (Å²) in [6.45, 7) is 6.66. The Morgan fingerprint density at radius 1 is 1.33 bits per heavy atom. The molecule has 0 aromatic carbocycles. The summed E-state index contributed by atoms with van der Waals surface area (Å²) in [5, 5.41) is 2.94. The van der Waals surface area contributed by atoms with Gasteiger partial charge in [0.2, 0.25) is 0 Å². The van der Waals surface area contributed by atoms with Gasteiger partial charge in [-0.05, 0) is 26.8 Å². The van der Waals surface area contributed by atoms with Crippen LogP contribution in [0.15, 0.2) is 0 Å². The van der Waals surface area contributed by atoms with E-state index in [0.29, 0.717) is 6.42 Å². The van der Waals surface area contributed by atoms with Crippen LogP contribution in [-0.2, 0) is 9.84 Å². The lowest BCUT2D eigenvalue weighted by atomic mass is 10.2. The molecule has 0 fully saturated rings. The Morgan fingerprint density at radius 3 is 2.17 bits per heavy atom. The van der Waals surface area contributed by atoms with Crippen LogP contribution in [0.25, 0.3) is 0 Å². The molecular weight excluding hydrogens is 174 g/mol. The average molecular weight is 193 g/mol. The lowest BCUT2D eigenvalue weighted by Gasteiger charge is -2.16. The van der Waals surface area contributed by atoms with Crippen molar-refractivity contribution in [1.29, 1.82) is 0 Å². The standard InChI is InChI=1S/C8H19NO2S/c1-5-9-7(2)6-8(3)12(4,10)11/h7-9H,5-6H2,1-4H3. The highest BCUT2D eigenvalue weighted by molar-refractivity contribution is 7.91. The van der Waals surface area contributed by atoms with Crippen molar-refractivity contribution in [2.24, 2.45) is 0 Å². The second-order valence-electron chi connectivity index (χ2n) is 3.33. The Hall–Kier alpha value is -0.0900. The van der Waals surface area contributed by atoms with Gasteiger partial charge in [-0.2, -0.15) is 0 Å². The van der Waals surface area contributed by atoms with Gasteiger partial charge < -0.3 is 5.32 Å². The molecule has 0 saturated heterocycles. The Labute approximate surface area is 75.5 Å². The Kier molecular flexibility index (Phi) is 4.78. The lowest BCUT2D eigenvalue weighted by Crippen LogP contribution is -2.31. The first-order chi connectivity index (χ1) is 5.38. The largest absolute Gasteiger partial charge is 0.314 e. The molecule has 0 rings (SSSR count). The van der Waals surface area contributed by atoms with Crippen molar-refractivity contribution in [3.8, 4) is 0 Å². The first kappa shape index (κ1) is 11.9. The van der Waals surface area contributed by atoms with E-state index in [4.69, 9.17) is 0 Å². The second kappa shape index (κ2) is 4.82. The summed E-state index contributed by atoms with van der Waals surface area (Å²) >= 11 is 0. The molecule has 0 spiro atoms. The maximum absolute atomic E-state index is 11.0. The molecular formula is C8H19NO2S. The van der Waals surface area contributed by atoms with Gasteiger partial charge in [0.05, 0.1) is 5.25 Å². The third-order valence-electron chi connectivity index (χ3n) is 1.97. The molecule has 0 aromatic heterocycles. The van der Waals surface area contributed by atoms with Gasteiger partial charge in [0.25, 0.3) is 0 Å². The first-order valence-corrected chi connectivity index (χ1v) is 6.25. The molecule has 74 valence electrons. The maximum atomic E-state index is 11.0. The van der Waals surface area contributed by atoms with E-state index in [1.54, 1.807) is 6.92 Å². The number of rotatable bonds is 5. The van der Waals surface area contributed by atoms with Crippen LogP contribution in [0.2, 0.25) is 0 Å². The zero-order chi connectivity index (χ0) is 9.78. The SMILES string of the molecule is CCNC(C)CC(C)S(C)(=O)=O. The van der Waals surface area contributed by atoms with E-state index >= 15 is 0 Å². The molecule has 3 nitrogen and oxygen atoms in total. The van der Waals surface area contributed by atoms with Crippen LogP contribution in [0.3, 0.4) is 0 Å². The van der Waals surface area contributed by atoms with Crippen molar-refractivity contribution in [3.05, 3.63) is 0 Å². The normalized spacial score (nSPS) is 17.3. The molecule has 0 aliphatic rings. The van der Waals surface area contributed by atoms with Crippen LogP contribution in [0.1, 0.15) is 27.2 Å². The predicted molar refractivity (Wildman–Crippen MR) is 52.1 cm³/mol. The van der Waals surface area contributed by atoms with Crippen LogP contribution in [0, 0.1) is 0 Å². The third kappa shape index (κ3) is 4.72. The summed E-state index contributed by atoms with van der Waals surface area (Å²) < 4.78 is 22.1. The van der Waals surface area contributed by atoms with Gasteiger partial charge in [-0.3, -0.25) is 0 Å². The summed E-state index contributed by atoms with van der Waals surface area (Å²) in [4.78, 5) is 0. The third-order valence-corrected chi connectivity index (χ3v) is 3.62. The fourth-order valence-electron chi connectivity index (χ4n) is 1.10. The van der Waals surface area contributed by atoms with E-state index in [0.717, 1.165) is 6.54 Å². The van der Waals surface area contributed by atoms with Crippen molar-refractivity contribution < 1.29 is 8.42 Å². The monoisotopic (exact) mass is 193 g/mol. The van der Waals surface area contributed by atoms with Crippen LogP contribution < -0.4 is 5.32 Å². The predicted octanol–water partition coefficient (Wildman–Crippen LogP) is 0.808. The minimum atomic E-state index is -2.86. The van der Waals surface area contributed by atoms with E-state index in [1.165, 1.54) is 6.26 Å². The summed E-state index contributed by atoms with van der Waals surface area (Å²) in [5.41, 5.74) is 0. The second-order valence-corrected chi connectivity index (χ2v) is 5.80. The fraction of sp³-hybridized carbons (Fsp3) is 1.00. The summed E-state index contributed by atoms with van der Waals surface area (Å²) in [5.74, 6) is 0. The highest BCUT2D eigenvalue weighted by Crippen LogP contribution is 2.06. The van der Waals surface area contributed by atoms with Crippen LogP contribution >= 0.6 is 0 Å². The number of hydrogen-bond acceptors (Lipinski definition) is 3. The molecule has 0 heterocycles. The molecule has 0 aromatic rings. The molecule has 2 unspecified atom stereocenters. The number of hydrogen-bond donors (Lipinski definition) is 1. The summed E-state index contributed by atoms with van der Waals surface area (Å²) in [6.07, 6.45) is 1.98. The Balaban J connectivity index is 3.93. The average Bonchev–Trinajstić information content (AvgIpc) is 1.85. The number of nitrogens with one attached hydrogen (secondary N) is 1. The van der Waals surface area contributed by atoms with E-state index in [9.17, 15) is 8.42 Å². The Morgan fingerprint density at radius 2 is 1.83 bits per heavy atom. The van der Waals surface area contributed by atoms with E-state index < -0.39 is 9.84 Å². The highest BCUT2D eigenvalue weighted by atomic mass is 32.2. The van der Waals surface area contributed by atoms with Gasteiger partial charge in [-0.25, -0.2) is 8.42 Å². The van der Waals surface area contributed by atoms with Gasteiger partial charge in [0, 0.05) is 12.3 Å². The molecule has 12 heavy (non-hydrogen) atoms. The van der Waals surface area contributed by atoms with E-state index in [-0.39, 0.29) is 11.3 Å². The van der Waals surface area contributed by atoms with Crippen molar-refractivity contribution in [2.75, 3.05) is 12.8 Å². The Bertz CT molecular complexity index is 211. The first-order valence-electron chi connectivity index (χ1n) is 4.30. The molecule has 0 amide bonds. The fourth-order valence-corrected chi connectivity index (χ4v) is 1.74. The van der Waals surface area contributed by atoms with Crippen molar-refractivity contribution >= 4 is 9.84 Å². The summed E-state index contributed by atoms with van der Waals surface area (Å²) in [6, 6.07) is 0.278. The molecule has 0 saturated carbocycles. The molecule has 2 atom stereocenters. The van der Waals surface area contributed by atoms with Gasteiger partial charge in [-0.1, -0.05) is 6.92 Å². The minimum absolute atomic E-state index is 0.244. The smallest absolute Gasteiger partial charge is 0.150 e. The van der Waals surface area contributed by atoms with Crippen molar-refractivity contribution in [1.82, 2.24) is 5.32 Å².